The normalized spacial score (nSPS) is 10.3. The summed E-state index contributed by atoms with van der Waals surface area (Å²) in [6.07, 6.45) is 4.94. The van der Waals surface area contributed by atoms with Crippen LogP contribution < -0.4 is 5.32 Å². The van der Waals surface area contributed by atoms with Gasteiger partial charge in [0.2, 0.25) is 5.91 Å². The Morgan fingerprint density at radius 1 is 1.14 bits per heavy atom. The van der Waals surface area contributed by atoms with Gasteiger partial charge in [-0.2, -0.15) is 5.10 Å². The Kier molecular flexibility index (Phi) is 5.09. The van der Waals surface area contributed by atoms with E-state index in [2.05, 4.69) is 10.4 Å². The van der Waals surface area contributed by atoms with Crippen molar-refractivity contribution in [3.8, 4) is 5.69 Å². The summed E-state index contributed by atoms with van der Waals surface area (Å²) in [6, 6.07) is 9.20. The lowest BCUT2D eigenvalue weighted by atomic mass is 10.2. The van der Waals surface area contributed by atoms with Crippen LogP contribution in [0.25, 0.3) is 5.69 Å². The largest absolute Gasteiger partial charge is 0.481 e. The highest BCUT2D eigenvalue weighted by Gasteiger charge is 2.08. The highest BCUT2D eigenvalue weighted by molar-refractivity contribution is 5.92. The number of carboxylic acid groups (broad SMARTS) is 1. The molecule has 0 aliphatic carbocycles. The number of carbonyl (C=O) groups is 2. The Morgan fingerprint density at radius 2 is 1.90 bits per heavy atom. The van der Waals surface area contributed by atoms with Crippen molar-refractivity contribution in [3.63, 3.8) is 0 Å². The number of aromatic nitrogens is 2. The van der Waals surface area contributed by atoms with Gasteiger partial charge in [-0.05, 0) is 31.0 Å². The zero-order chi connectivity index (χ0) is 15.1. The van der Waals surface area contributed by atoms with Crippen LogP contribution in [0.2, 0.25) is 0 Å². The quantitative estimate of drug-likeness (QED) is 0.766. The average Bonchev–Trinajstić information content (AvgIpc) is 2.98. The third-order valence-electron chi connectivity index (χ3n) is 2.97. The van der Waals surface area contributed by atoms with Crippen molar-refractivity contribution in [2.75, 3.05) is 5.32 Å². The summed E-state index contributed by atoms with van der Waals surface area (Å²) in [7, 11) is 0. The number of unbranched alkanes of at least 4 members (excludes halogenated alkanes) is 1. The fourth-order valence-electron chi connectivity index (χ4n) is 1.96. The first-order valence-electron chi connectivity index (χ1n) is 6.77. The summed E-state index contributed by atoms with van der Waals surface area (Å²) in [4.78, 5) is 22.3. The fourth-order valence-corrected chi connectivity index (χ4v) is 1.96. The Labute approximate surface area is 122 Å². The topological polar surface area (TPSA) is 84.2 Å². The van der Waals surface area contributed by atoms with Gasteiger partial charge in [0.1, 0.15) is 0 Å². The van der Waals surface area contributed by atoms with Gasteiger partial charge in [-0.3, -0.25) is 9.59 Å². The van der Waals surface area contributed by atoms with E-state index < -0.39 is 5.97 Å². The van der Waals surface area contributed by atoms with E-state index >= 15 is 0 Å². The van der Waals surface area contributed by atoms with E-state index in [0.717, 1.165) is 5.69 Å². The number of rotatable bonds is 7. The molecule has 0 aliphatic heterocycles. The molecule has 0 bridgehead atoms. The standard InChI is InChI=1S/C15H17N3O3/c19-14(8-3-4-9-15(20)21)17-12-6-1-2-7-13(12)18-11-5-10-16-18/h1-2,5-7,10-11H,3-4,8-9H2,(H,17,19)(H,20,21). The molecule has 6 nitrogen and oxygen atoms in total. The van der Waals surface area contributed by atoms with E-state index in [-0.39, 0.29) is 12.3 Å². The molecule has 0 atom stereocenters. The number of anilines is 1. The maximum atomic E-state index is 11.9. The van der Waals surface area contributed by atoms with Crippen LogP contribution in [0, 0.1) is 0 Å². The molecule has 0 spiro atoms. The van der Waals surface area contributed by atoms with Crippen LogP contribution in [-0.4, -0.2) is 26.8 Å². The predicted octanol–water partition coefficient (Wildman–Crippen LogP) is 2.46. The summed E-state index contributed by atoms with van der Waals surface area (Å²) in [6.45, 7) is 0. The molecule has 1 heterocycles. The second-order valence-electron chi connectivity index (χ2n) is 4.62. The van der Waals surface area contributed by atoms with Crippen molar-refractivity contribution in [1.29, 1.82) is 0 Å². The molecule has 110 valence electrons. The first kappa shape index (κ1) is 14.8. The Hall–Kier alpha value is -2.63. The van der Waals surface area contributed by atoms with E-state index in [4.69, 9.17) is 5.11 Å². The predicted molar refractivity (Wildman–Crippen MR) is 78.3 cm³/mol. The maximum Gasteiger partial charge on any atom is 0.303 e. The van der Waals surface area contributed by atoms with Crippen LogP contribution in [0.1, 0.15) is 25.7 Å². The summed E-state index contributed by atoms with van der Waals surface area (Å²) in [5.41, 5.74) is 1.48. The van der Waals surface area contributed by atoms with Crippen molar-refractivity contribution in [1.82, 2.24) is 9.78 Å². The first-order valence-corrected chi connectivity index (χ1v) is 6.77. The van der Waals surface area contributed by atoms with E-state index in [1.54, 1.807) is 17.1 Å². The molecular formula is C15H17N3O3. The van der Waals surface area contributed by atoms with Gasteiger partial charge < -0.3 is 10.4 Å². The molecule has 2 rings (SSSR count). The number of amides is 1. The molecule has 1 aromatic heterocycles. The minimum Gasteiger partial charge on any atom is -0.481 e. The lowest BCUT2D eigenvalue weighted by Crippen LogP contribution is -2.13. The molecule has 0 aliphatic rings. The van der Waals surface area contributed by atoms with Gasteiger partial charge in [0.25, 0.3) is 0 Å². The zero-order valence-electron chi connectivity index (χ0n) is 11.5. The van der Waals surface area contributed by atoms with Crippen molar-refractivity contribution >= 4 is 17.6 Å². The second-order valence-corrected chi connectivity index (χ2v) is 4.62. The number of aliphatic carboxylic acids is 1. The van der Waals surface area contributed by atoms with E-state index in [9.17, 15) is 9.59 Å². The van der Waals surface area contributed by atoms with Crippen molar-refractivity contribution in [3.05, 3.63) is 42.7 Å². The summed E-state index contributed by atoms with van der Waals surface area (Å²) in [5.74, 6) is -0.959. The number of carboxylic acids is 1. The Bertz CT molecular complexity index is 608. The molecular weight excluding hydrogens is 270 g/mol. The lowest BCUT2D eigenvalue weighted by molar-refractivity contribution is -0.137. The summed E-state index contributed by atoms with van der Waals surface area (Å²) < 4.78 is 1.68. The minimum absolute atomic E-state index is 0.0944. The van der Waals surface area contributed by atoms with Crippen molar-refractivity contribution < 1.29 is 14.7 Å². The van der Waals surface area contributed by atoms with Gasteiger partial charge in [0, 0.05) is 25.2 Å². The second kappa shape index (κ2) is 7.23. The van der Waals surface area contributed by atoms with Crippen LogP contribution in [0.4, 0.5) is 5.69 Å². The van der Waals surface area contributed by atoms with Crippen LogP contribution in [0.3, 0.4) is 0 Å². The van der Waals surface area contributed by atoms with Gasteiger partial charge in [-0.25, -0.2) is 4.68 Å². The Morgan fingerprint density at radius 3 is 2.62 bits per heavy atom. The molecule has 2 N–H and O–H groups in total. The molecule has 1 aromatic carbocycles. The maximum absolute atomic E-state index is 11.9. The smallest absolute Gasteiger partial charge is 0.303 e. The lowest BCUT2D eigenvalue weighted by Gasteiger charge is -2.10. The van der Waals surface area contributed by atoms with Gasteiger partial charge in [-0.15, -0.1) is 0 Å². The molecule has 21 heavy (non-hydrogen) atoms. The SMILES string of the molecule is O=C(O)CCCCC(=O)Nc1ccccc1-n1cccn1. The molecule has 6 heteroatoms. The number of hydrogen-bond donors (Lipinski definition) is 2. The molecule has 0 radical (unpaired) electrons. The average molecular weight is 287 g/mol. The van der Waals surface area contributed by atoms with Gasteiger partial charge in [-0.1, -0.05) is 12.1 Å². The molecule has 1 amide bonds. The summed E-state index contributed by atoms with van der Waals surface area (Å²) >= 11 is 0. The first-order chi connectivity index (χ1) is 10.2. The highest BCUT2D eigenvalue weighted by Crippen LogP contribution is 2.19. The van der Waals surface area contributed by atoms with Crippen LogP contribution in [0.15, 0.2) is 42.7 Å². The van der Waals surface area contributed by atoms with Crippen LogP contribution in [0.5, 0.6) is 0 Å². The van der Waals surface area contributed by atoms with Crippen molar-refractivity contribution in [2.45, 2.75) is 25.7 Å². The minimum atomic E-state index is -0.834. The van der Waals surface area contributed by atoms with Crippen molar-refractivity contribution in [2.24, 2.45) is 0 Å². The molecule has 0 saturated carbocycles. The van der Waals surface area contributed by atoms with Gasteiger partial charge >= 0.3 is 5.97 Å². The molecule has 0 saturated heterocycles. The number of carbonyl (C=O) groups excluding carboxylic acids is 1. The third kappa shape index (κ3) is 4.45. The number of benzene rings is 1. The summed E-state index contributed by atoms with van der Waals surface area (Å²) in [5, 5.41) is 15.5. The fraction of sp³-hybridized carbons (Fsp3) is 0.267. The Balaban J connectivity index is 1.94. The number of para-hydroxylation sites is 2. The van der Waals surface area contributed by atoms with Crippen LogP contribution in [-0.2, 0) is 9.59 Å². The third-order valence-corrected chi connectivity index (χ3v) is 2.97. The number of nitrogens with zero attached hydrogens (tertiary/aromatic N) is 2. The molecule has 0 unspecified atom stereocenters. The monoisotopic (exact) mass is 287 g/mol. The molecule has 2 aromatic rings. The zero-order valence-corrected chi connectivity index (χ0v) is 11.5. The van der Waals surface area contributed by atoms with Gasteiger partial charge in [0.05, 0.1) is 11.4 Å². The van der Waals surface area contributed by atoms with E-state index in [1.807, 2.05) is 30.3 Å². The number of hydrogen-bond acceptors (Lipinski definition) is 3. The highest BCUT2D eigenvalue weighted by atomic mass is 16.4. The van der Waals surface area contributed by atoms with E-state index in [0.29, 0.717) is 24.9 Å². The van der Waals surface area contributed by atoms with Crippen LogP contribution >= 0.6 is 0 Å². The molecule has 0 fully saturated rings. The van der Waals surface area contributed by atoms with E-state index in [1.165, 1.54) is 0 Å². The van der Waals surface area contributed by atoms with Gasteiger partial charge in [0.15, 0.2) is 0 Å². The number of nitrogens with one attached hydrogen (secondary N) is 1.